The lowest BCUT2D eigenvalue weighted by Crippen LogP contribution is -2.48. The Balaban J connectivity index is 2.28. The van der Waals surface area contributed by atoms with Crippen LogP contribution < -0.4 is 9.04 Å². The highest BCUT2D eigenvalue weighted by atomic mass is 32.2. The van der Waals surface area contributed by atoms with Gasteiger partial charge >= 0.3 is 0 Å². The molecule has 156 valence electrons. The quantitative estimate of drug-likeness (QED) is 0.478. The summed E-state index contributed by atoms with van der Waals surface area (Å²) < 4.78 is 30.8. The molecule has 0 N–H and O–H groups in total. The first-order valence-corrected chi connectivity index (χ1v) is 10.5. The fraction of sp³-hybridized carbons (Fsp3) is 0.316. The van der Waals surface area contributed by atoms with E-state index in [0.29, 0.717) is 5.75 Å². The molecule has 1 atom stereocenters. The Kier molecular flexibility index (Phi) is 6.80. The van der Waals surface area contributed by atoms with Crippen molar-refractivity contribution in [2.75, 3.05) is 24.7 Å². The first-order chi connectivity index (χ1) is 13.5. The van der Waals surface area contributed by atoms with Gasteiger partial charge in [0.1, 0.15) is 11.8 Å². The third kappa shape index (κ3) is 5.44. The van der Waals surface area contributed by atoms with Crippen LogP contribution in [0.2, 0.25) is 0 Å². The molecule has 0 saturated heterocycles. The number of carbonyl (C=O) groups excluding carboxylic acids is 1. The number of hydrogen-bond acceptors (Lipinski definition) is 6. The molecule has 0 radical (unpaired) electrons. The third-order valence-electron chi connectivity index (χ3n) is 4.32. The first-order valence-electron chi connectivity index (χ1n) is 8.66. The van der Waals surface area contributed by atoms with Gasteiger partial charge in [0, 0.05) is 25.7 Å². The molecule has 2 aromatic rings. The maximum atomic E-state index is 12.9. The van der Waals surface area contributed by atoms with Crippen LogP contribution >= 0.6 is 0 Å². The van der Waals surface area contributed by atoms with Crippen molar-refractivity contribution in [2.45, 2.75) is 19.5 Å². The number of anilines is 1. The van der Waals surface area contributed by atoms with Gasteiger partial charge in [-0.3, -0.25) is 19.2 Å². The molecule has 0 aliphatic heterocycles. The Morgan fingerprint density at radius 1 is 1.21 bits per heavy atom. The van der Waals surface area contributed by atoms with Gasteiger partial charge in [0.15, 0.2) is 0 Å². The average Bonchev–Trinajstić information content (AvgIpc) is 2.67. The molecule has 0 aliphatic rings. The van der Waals surface area contributed by atoms with Gasteiger partial charge in [0.05, 0.1) is 24.0 Å². The van der Waals surface area contributed by atoms with Crippen molar-refractivity contribution in [2.24, 2.45) is 0 Å². The lowest BCUT2D eigenvalue weighted by molar-refractivity contribution is -0.384. The molecule has 2 rings (SSSR count). The molecule has 0 heterocycles. The Morgan fingerprint density at radius 2 is 1.83 bits per heavy atom. The van der Waals surface area contributed by atoms with E-state index in [1.54, 1.807) is 26.3 Å². The van der Waals surface area contributed by atoms with Gasteiger partial charge in [-0.05, 0) is 30.7 Å². The first kappa shape index (κ1) is 22.2. The monoisotopic (exact) mass is 421 g/mol. The van der Waals surface area contributed by atoms with E-state index in [0.717, 1.165) is 22.2 Å². The summed E-state index contributed by atoms with van der Waals surface area (Å²) in [6.07, 6.45) is 0.957. The second kappa shape index (κ2) is 8.91. The van der Waals surface area contributed by atoms with Crippen molar-refractivity contribution in [1.29, 1.82) is 0 Å². The van der Waals surface area contributed by atoms with Crippen LogP contribution in [0.15, 0.2) is 48.5 Å². The highest BCUT2D eigenvalue weighted by molar-refractivity contribution is 7.92. The number of non-ortho nitro benzene ring substituents is 1. The van der Waals surface area contributed by atoms with E-state index in [4.69, 9.17) is 4.74 Å². The fourth-order valence-electron chi connectivity index (χ4n) is 2.95. The van der Waals surface area contributed by atoms with Crippen molar-refractivity contribution in [3.8, 4) is 5.75 Å². The number of likely N-dealkylation sites (N-methyl/N-ethyl adjacent to an activating group) is 1. The summed E-state index contributed by atoms with van der Waals surface area (Å²) in [5, 5.41) is 11.0. The van der Waals surface area contributed by atoms with Crippen LogP contribution in [-0.4, -0.2) is 50.6 Å². The average molecular weight is 421 g/mol. The van der Waals surface area contributed by atoms with E-state index in [-0.39, 0.29) is 17.9 Å². The topological polar surface area (TPSA) is 110 Å². The lowest BCUT2D eigenvalue weighted by Gasteiger charge is -2.31. The van der Waals surface area contributed by atoms with Crippen LogP contribution in [0.3, 0.4) is 0 Å². The number of nitrogens with zero attached hydrogens (tertiary/aromatic N) is 3. The minimum atomic E-state index is -3.87. The Bertz CT molecular complexity index is 991. The SMILES string of the molecule is COc1ccc(CN(C)C(=O)C(C)N(c2cccc([N+](=O)[O-])c2)S(C)(=O)=O)cc1. The van der Waals surface area contributed by atoms with E-state index in [9.17, 15) is 23.3 Å². The molecule has 1 amide bonds. The van der Waals surface area contributed by atoms with Gasteiger partial charge in [-0.25, -0.2) is 8.42 Å². The molecule has 10 heteroatoms. The van der Waals surface area contributed by atoms with Gasteiger partial charge < -0.3 is 9.64 Å². The van der Waals surface area contributed by atoms with Crippen molar-refractivity contribution in [1.82, 2.24) is 4.90 Å². The number of hydrogen-bond donors (Lipinski definition) is 0. The number of carbonyl (C=O) groups is 1. The van der Waals surface area contributed by atoms with Gasteiger partial charge in [-0.1, -0.05) is 18.2 Å². The number of methoxy groups -OCH3 is 1. The van der Waals surface area contributed by atoms with Crippen molar-refractivity contribution in [3.63, 3.8) is 0 Å². The highest BCUT2D eigenvalue weighted by Gasteiger charge is 2.31. The summed E-state index contributed by atoms with van der Waals surface area (Å²) in [5.41, 5.74) is 0.637. The molecule has 0 fully saturated rings. The summed E-state index contributed by atoms with van der Waals surface area (Å²) in [6, 6.07) is 11.2. The largest absolute Gasteiger partial charge is 0.497 e. The Labute approximate surface area is 169 Å². The standard InChI is InChI=1S/C19H23N3O6S/c1-14(19(23)20(2)13-15-8-10-18(28-3)11-9-15)21(29(4,26)27)16-6-5-7-17(12-16)22(24)25/h5-12,14H,13H2,1-4H3. The predicted molar refractivity (Wildman–Crippen MR) is 109 cm³/mol. The second-order valence-corrected chi connectivity index (χ2v) is 8.41. The second-order valence-electron chi connectivity index (χ2n) is 6.55. The molecule has 0 aromatic heterocycles. The Hall–Kier alpha value is -3.14. The van der Waals surface area contributed by atoms with Gasteiger partial charge in [0.2, 0.25) is 15.9 Å². The molecular formula is C19H23N3O6S. The maximum Gasteiger partial charge on any atom is 0.271 e. The van der Waals surface area contributed by atoms with E-state index < -0.39 is 26.9 Å². The molecule has 2 aromatic carbocycles. The molecule has 0 aliphatic carbocycles. The molecule has 29 heavy (non-hydrogen) atoms. The minimum Gasteiger partial charge on any atom is -0.497 e. The number of nitro benzene ring substituents is 1. The van der Waals surface area contributed by atoms with Crippen LogP contribution in [0.4, 0.5) is 11.4 Å². The van der Waals surface area contributed by atoms with Gasteiger partial charge in [0.25, 0.3) is 5.69 Å². The summed E-state index contributed by atoms with van der Waals surface area (Å²) in [6.45, 7) is 1.71. The van der Waals surface area contributed by atoms with E-state index in [2.05, 4.69) is 0 Å². The highest BCUT2D eigenvalue weighted by Crippen LogP contribution is 2.26. The summed E-state index contributed by atoms with van der Waals surface area (Å²) in [4.78, 5) is 24.7. The molecule has 0 bridgehead atoms. The number of benzene rings is 2. The predicted octanol–water partition coefficient (Wildman–Crippen LogP) is 2.42. The molecule has 1 unspecified atom stereocenters. The van der Waals surface area contributed by atoms with E-state index >= 15 is 0 Å². The van der Waals surface area contributed by atoms with Crippen LogP contribution in [0, 0.1) is 10.1 Å². The van der Waals surface area contributed by atoms with E-state index in [1.165, 1.54) is 30.0 Å². The third-order valence-corrected chi connectivity index (χ3v) is 5.56. The normalized spacial score (nSPS) is 12.1. The lowest BCUT2D eigenvalue weighted by atomic mass is 10.2. The summed E-state index contributed by atoms with van der Waals surface area (Å²) >= 11 is 0. The number of amides is 1. The zero-order valence-corrected chi connectivity index (χ0v) is 17.4. The number of rotatable bonds is 8. The van der Waals surface area contributed by atoms with Gasteiger partial charge in [-0.15, -0.1) is 0 Å². The summed E-state index contributed by atoms with van der Waals surface area (Å²) in [5.74, 6) is 0.239. The molecular weight excluding hydrogens is 398 g/mol. The zero-order chi connectivity index (χ0) is 21.8. The van der Waals surface area contributed by atoms with E-state index in [1.807, 2.05) is 12.1 Å². The molecule has 9 nitrogen and oxygen atoms in total. The van der Waals surface area contributed by atoms with Gasteiger partial charge in [-0.2, -0.15) is 0 Å². The smallest absolute Gasteiger partial charge is 0.271 e. The van der Waals surface area contributed by atoms with Crippen molar-refractivity contribution < 1.29 is 22.9 Å². The minimum absolute atomic E-state index is 0.0559. The number of sulfonamides is 1. The van der Waals surface area contributed by atoms with Crippen molar-refractivity contribution >= 4 is 27.3 Å². The fourth-order valence-corrected chi connectivity index (χ4v) is 4.11. The summed E-state index contributed by atoms with van der Waals surface area (Å²) in [7, 11) is -0.751. The molecule has 0 spiro atoms. The maximum absolute atomic E-state index is 12.9. The number of nitro groups is 1. The Morgan fingerprint density at radius 3 is 2.34 bits per heavy atom. The van der Waals surface area contributed by atoms with Crippen LogP contribution in [0.5, 0.6) is 5.75 Å². The molecule has 0 saturated carbocycles. The van der Waals surface area contributed by atoms with Crippen LogP contribution in [-0.2, 0) is 21.4 Å². The zero-order valence-electron chi connectivity index (χ0n) is 16.6. The number of ether oxygens (including phenoxy) is 1. The van der Waals surface area contributed by atoms with Crippen LogP contribution in [0.1, 0.15) is 12.5 Å². The van der Waals surface area contributed by atoms with Crippen LogP contribution in [0.25, 0.3) is 0 Å². The van der Waals surface area contributed by atoms with Crippen molar-refractivity contribution in [3.05, 3.63) is 64.2 Å².